The fourth-order valence-corrected chi connectivity index (χ4v) is 4.92. The molecule has 3 aromatic rings. The van der Waals surface area contributed by atoms with Gasteiger partial charge in [-0.2, -0.15) is 0 Å². The van der Waals surface area contributed by atoms with Crippen molar-refractivity contribution < 1.29 is 14.4 Å². The Bertz CT molecular complexity index is 1170. The zero-order chi connectivity index (χ0) is 22.8. The Morgan fingerprint density at radius 2 is 1.39 bits per heavy atom. The van der Waals surface area contributed by atoms with Crippen LogP contribution in [0.5, 0.6) is 0 Å². The van der Waals surface area contributed by atoms with Crippen molar-refractivity contribution in [1.82, 2.24) is 4.90 Å². The van der Waals surface area contributed by atoms with Crippen LogP contribution in [0.2, 0.25) is 0 Å². The SMILES string of the molecule is O=C1c2ccccc2C(=O)N1CCCCCC(=O)N1c2ccccc2CC1c1ccccc1. The molecule has 2 aliphatic rings. The lowest BCUT2D eigenvalue weighted by atomic mass is 10.0. The summed E-state index contributed by atoms with van der Waals surface area (Å²) < 4.78 is 0. The van der Waals surface area contributed by atoms with Crippen molar-refractivity contribution in [3.8, 4) is 0 Å². The number of hydrogen-bond donors (Lipinski definition) is 0. The third-order valence-corrected chi connectivity index (χ3v) is 6.58. The molecule has 5 rings (SSSR count). The highest BCUT2D eigenvalue weighted by atomic mass is 16.2. The highest BCUT2D eigenvalue weighted by molar-refractivity contribution is 6.21. The van der Waals surface area contributed by atoms with E-state index in [4.69, 9.17) is 0 Å². The quantitative estimate of drug-likeness (QED) is 0.378. The van der Waals surface area contributed by atoms with E-state index in [1.807, 2.05) is 41.3 Å². The molecule has 5 nitrogen and oxygen atoms in total. The van der Waals surface area contributed by atoms with Crippen molar-refractivity contribution in [1.29, 1.82) is 0 Å². The molecule has 3 amide bonds. The number of hydrogen-bond acceptors (Lipinski definition) is 3. The molecule has 0 aliphatic carbocycles. The van der Waals surface area contributed by atoms with Crippen molar-refractivity contribution in [2.75, 3.05) is 11.4 Å². The molecule has 3 aromatic carbocycles. The molecule has 2 heterocycles. The minimum atomic E-state index is -0.217. The number of fused-ring (bicyclic) bond motifs is 2. The van der Waals surface area contributed by atoms with Crippen LogP contribution in [-0.2, 0) is 11.2 Å². The molecule has 33 heavy (non-hydrogen) atoms. The van der Waals surface area contributed by atoms with E-state index in [1.165, 1.54) is 10.5 Å². The lowest BCUT2D eigenvalue weighted by molar-refractivity contribution is -0.119. The van der Waals surface area contributed by atoms with Gasteiger partial charge in [0.2, 0.25) is 5.91 Å². The van der Waals surface area contributed by atoms with Crippen LogP contribution in [0.1, 0.15) is 63.6 Å². The first-order chi connectivity index (χ1) is 16.1. The summed E-state index contributed by atoms with van der Waals surface area (Å²) in [5.41, 5.74) is 4.31. The Labute approximate surface area is 193 Å². The van der Waals surface area contributed by atoms with Gasteiger partial charge in [0.15, 0.2) is 0 Å². The van der Waals surface area contributed by atoms with Crippen molar-refractivity contribution in [2.24, 2.45) is 0 Å². The van der Waals surface area contributed by atoms with E-state index in [2.05, 4.69) is 18.2 Å². The Morgan fingerprint density at radius 1 is 0.758 bits per heavy atom. The summed E-state index contributed by atoms with van der Waals surface area (Å²) in [6.07, 6.45) is 3.47. The van der Waals surface area contributed by atoms with Crippen LogP contribution in [0, 0.1) is 0 Å². The fourth-order valence-electron chi connectivity index (χ4n) is 4.92. The predicted octanol–water partition coefficient (Wildman–Crippen LogP) is 5.17. The molecule has 1 unspecified atom stereocenters. The van der Waals surface area contributed by atoms with Crippen molar-refractivity contribution in [3.05, 3.63) is 101 Å². The van der Waals surface area contributed by atoms with Gasteiger partial charge < -0.3 is 4.90 Å². The van der Waals surface area contributed by atoms with Gasteiger partial charge in [0.25, 0.3) is 11.8 Å². The molecular formula is C28H26N2O3. The van der Waals surface area contributed by atoms with Crippen molar-refractivity contribution >= 4 is 23.4 Å². The molecule has 2 aliphatic heterocycles. The van der Waals surface area contributed by atoms with Crippen LogP contribution in [0.25, 0.3) is 0 Å². The maximum absolute atomic E-state index is 13.3. The minimum absolute atomic E-state index is 0.0226. The summed E-state index contributed by atoms with van der Waals surface area (Å²) in [5.74, 6) is -0.313. The molecular weight excluding hydrogens is 412 g/mol. The van der Waals surface area contributed by atoms with Crippen LogP contribution >= 0.6 is 0 Å². The average molecular weight is 439 g/mol. The van der Waals surface area contributed by atoms with E-state index in [0.717, 1.165) is 30.5 Å². The fraction of sp³-hybridized carbons (Fsp3) is 0.250. The number of rotatable bonds is 7. The number of anilines is 1. The summed E-state index contributed by atoms with van der Waals surface area (Å²) in [4.78, 5) is 41.5. The molecule has 5 heteroatoms. The van der Waals surface area contributed by atoms with E-state index in [-0.39, 0.29) is 23.8 Å². The molecule has 0 saturated heterocycles. The van der Waals surface area contributed by atoms with Crippen molar-refractivity contribution in [2.45, 2.75) is 38.1 Å². The Hall–Kier alpha value is -3.73. The van der Waals surface area contributed by atoms with Crippen LogP contribution in [-0.4, -0.2) is 29.2 Å². The number of benzene rings is 3. The number of carbonyl (C=O) groups excluding carboxylic acids is 3. The van der Waals surface area contributed by atoms with Gasteiger partial charge in [0.05, 0.1) is 17.2 Å². The lowest BCUT2D eigenvalue weighted by Gasteiger charge is -2.26. The topological polar surface area (TPSA) is 57.7 Å². The zero-order valence-corrected chi connectivity index (χ0v) is 18.4. The second-order valence-corrected chi connectivity index (χ2v) is 8.64. The number of para-hydroxylation sites is 1. The summed E-state index contributed by atoms with van der Waals surface area (Å²) in [6, 6.07) is 25.3. The number of unbranched alkanes of at least 4 members (excludes halogenated alkanes) is 2. The summed E-state index contributed by atoms with van der Waals surface area (Å²) in [7, 11) is 0. The molecule has 0 spiro atoms. The number of imide groups is 1. The van der Waals surface area contributed by atoms with Crippen LogP contribution < -0.4 is 4.90 Å². The van der Waals surface area contributed by atoms with Gasteiger partial charge in [-0.1, -0.05) is 67.1 Å². The monoisotopic (exact) mass is 438 g/mol. The van der Waals surface area contributed by atoms with Gasteiger partial charge in [-0.25, -0.2) is 0 Å². The maximum Gasteiger partial charge on any atom is 0.261 e. The van der Waals surface area contributed by atoms with E-state index in [9.17, 15) is 14.4 Å². The number of nitrogens with zero attached hydrogens (tertiary/aromatic N) is 2. The average Bonchev–Trinajstić information content (AvgIpc) is 3.36. The summed E-state index contributed by atoms with van der Waals surface area (Å²) in [5, 5.41) is 0. The largest absolute Gasteiger partial charge is 0.304 e. The lowest BCUT2D eigenvalue weighted by Crippen LogP contribution is -2.32. The zero-order valence-electron chi connectivity index (χ0n) is 18.4. The van der Waals surface area contributed by atoms with Gasteiger partial charge in [-0.15, -0.1) is 0 Å². The van der Waals surface area contributed by atoms with Gasteiger partial charge >= 0.3 is 0 Å². The van der Waals surface area contributed by atoms with Crippen LogP contribution in [0.4, 0.5) is 5.69 Å². The first-order valence-electron chi connectivity index (χ1n) is 11.6. The van der Waals surface area contributed by atoms with Crippen LogP contribution in [0.3, 0.4) is 0 Å². The Morgan fingerprint density at radius 3 is 2.12 bits per heavy atom. The number of amides is 3. The smallest absolute Gasteiger partial charge is 0.261 e. The van der Waals surface area contributed by atoms with Gasteiger partial charge in [-0.05, 0) is 48.6 Å². The molecule has 0 bridgehead atoms. The van der Waals surface area contributed by atoms with Crippen molar-refractivity contribution in [3.63, 3.8) is 0 Å². The van der Waals surface area contributed by atoms with Gasteiger partial charge in [0.1, 0.15) is 0 Å². The molecule has 166 valence electrons. The van der Waals surface area contributed by atoms with Crippen LogP contribution in [0.15, 0.2) is 78.9 Å². The molecule has 1 atom stereocenters. The van der Waals surface area contributed by atoms with E-state index >= 15 is 0 Å². The van der Waals surface area contributed by atoms with E-state index < -0.39 is 0 Å². The Balaban J connectivity index is 1.18. The highest BCUT2D eigenvalue weighted by Gasteiger charge is 2.35. The molecule has 0 N–H and O–H groups in total. The molecule has 0 saturated carbocycles. The first-order valence-corrected chi connectivity index (χ1v) is 11.6. The third-order valence-electron chi connectivity index (χ3n) is 6.58. The summed E-state index contributed by atoms with van der Waals surface area (Å²) >= 11 is 0. The second-order valence-electron chi connectivity index (χ2n) is 8.64. The normalized spacial score (nSPS) is 16.8. The number of carbonyl (C=O) groups is 3. The van der Waals surface area contributed by atoms with Gasteiger partial charge in [0, 0.05) is 18.7 Å². The second kappa shape index (κ2) is 9.02. The Kier molecular flexibility index (Phi) is 5.78. The molecule has 0 aromatic heterocycles. The third kappa shape index (κ3) is 3.95. The molecule has 0 fully saturated rings. The highest BCUT2D eigenvalue weighted by Crippen LogP contribution is 2.40. The van der Waals surface area contributed by atoms with E-state index in [1.54, 1.807) is 24.3 Å². The molecule has 0 radical (unpaired) electrons. The van der Waals surface area contributed by atoms with Gasteiger partial charge in [-0.3, -0.25) is 19.3 Å². The van der Waals surface area contributed by atoms with E-state index in [0.29, 0.717) is 30.5 Å². The maximum atomic E-state index is 13.3. The standard InChI is InChI=1S/C28H26N2O3/c31-26(17-5-2-10-18-29-27(32)22-14-7-8-15-23(22)28(29)33)30-24-16-9-6-13-21(24)19-25(30)20-11-3-1-4-12-20/h1,3-4,6-9,11-16,25H,2,5,10,17-19H2. The minimum Gasteiger partial charge on any atom is -0.304 e. The predicted molar refractivity (Wildman–Crippen MR) is 127 cm³/mol. The summed E-state index contributed by atoms with van der Waals surface area (Å²) in [6.45, 7) is 0.389. The first kappa shape index (κ1) is 21.1.